The summed E-state index contributed by atoms with van der Waals surface area (Å²) in [7, 11) is 1.43. The van der Waals surface area contributed by atoms with Crippen molar-refractivity contribution in [3.63, 3.8) is 0 Å². The van der Waals surface area contributed by atoms with Gasteiger partial charge in [0.25, 0.3) is 0 Å². The van der Waals surface area contributed by atoms with Crippen LogP contribution in [0.4, 0.5) is 11.4 Å². The normalized spacial score (nSPS) is 26.4. The summed E-state index contributed by atoms with van der Waals surface area (Å²) in [4.78, 5) is 58.8. The third kappa shape index (κ3) is 4.78. The van der Waals surface area contributed by atoms with Crippen LogP contribution in [0.1, 0.15) is 24.3 Å². The number of allylic oxidation sites excluding steroid dienone is 6. The van der Waals surface area contributed by atoms with Gasteiger partial charge in [0.05, 0.1) is 46.8 Å². The van der Waals surface area contributed by atoms with Crippen molar-refractivity contribution in [3.8, 4) is 11.5 Å². The Morgan fingerprint density at radius 1 is 0.933 bits per heavy atom. The second kappa shape index (κ2) is 11.6. The van der Waals surface area contributed by atoms with Crippen molar-refractivity contribution in [2.45, 2.75) is 18.8 Å². The van der Waals surface area contributed by atoms with Gasteiger partial charge in [-0.25, -0.2) is 0 Å². The number of halogens is 3. The van der Waals surface area contributed by atoms with Crippen LogP contribution < -0.4 is 14.5 Å². The van der Waals surface area contributed by atoms with Crippen LogP contribution >= 0.6 is 47.8 Å². The predicted molar refractivity (Wildman–Crippen MR) is 177 cm³/mol. The molecule has 0 bridgehead atoms. The standard InChI is InChI=1S/C33H27Br3N2O7/c1-44-24-13-20(28(35)29(36)31(24)41)25-17-6-7-18-26(19(17)12-21-27(25)23(39)14-22(34)30(21)40)33(43)38(32(18)42)16-4-2-15(3-5-16)37-8-10-45-11-9-37/h2-6,13-14,18-19,25-26,41H,7-12H2,1H3/t18-,19+,25+,26-/m0/s1. The predicted octanol–water partition coefficient (Wildman–Crippen LogP) is 5.73. The summed E-state index contributed by atoms with van der Waals surface area (Å²) in [5.41, 5.74) is 3.56. The van der Waals surface area contributed by atoms with Crippen LogP contribution in [0.5, 0.6) is 11.5 Å². The van der Waals surface area contributed by atoms with Crippen molar-refractivity contribution < 1.29 is 33.8 Å². The molecule has 0 spiro atoms. The molecule has 232 valence electrons. The first-order valence-corrected chi connectivity index (χ1v) is 16.9. The first-order valence-electron chi connectivity index (χ1n) is 14.6. The van der Waals surface area contributed by atoms with Gasteiger partial charge in [-0.15, -0.1) is 0 Å². The molecule has 1 N–H and O–H groups in total. The van der Waals surface area contributed by atoms with Gasteiger partial charge in [0.1, 0.15) is 0 Å². The Labute approximate surface area is 284 Å². The quantitative estimate of drug-likeness (QED) is 0.237. The number of carbonyl (C=O) groups is 4. The zero-order valence-corrected chi connectivity index (χ0v) is 28.8. The van der Waals surface area contributed by atoms with E-state index in [9.17, 15) is 24.3 Å². The number of benzene rings is 2. The third-order valence-electron chi connectivity index (χ3n) is 9.52. The number of carbonyl (C=O) groups excluding carboxylic acids is 4. The van der Waals surface area contributed by atoms with Crippen molar-refractivity contribution >= 4 is 82.5 Å². The Kier molecular flexibility index (Phi) is 7.90. The topological polar surface area (TPSA) is 113 Å². The Morgan fingerprint density at radius 2 is 1.62 bits per heavy atom. The number of amides is 2. The lowest BCUT2D eigenvalue weighted by Gasteiger charge is -2.42. The van der Waals surface area contributed by atoms with Crippen molar-refractivity contribution in [3.05, 3.63) is 78.2 Å². The zero-order valence-electron chi connectivity index (χ0n) is 24.0. The van der Waals surface area contributed by atoms with E-state index < -0.39 is 23.7 Å². The molecule has 2 aromatic rings. The zero-order chi connectivity index (χ0) is 31.7. The monoisotopic (exact) mass is 800 g/mol. The van der Waals surface area contributed by atoms with Crippen molar-refractivity contribution in [1.29, 1.82) is 0 Å². The first kappa shape index (κ1) is 30.6. The second-order valence-corrected chi connectivity index (χ2v) is 14.1. The van der Waals surface area contributed by atoms with Crippen LogP contribution in [-0.4, -0.2) is 61.9 Å². The molecule has 45 heavy (non-hydrogen) atoms. The van der Waals surface area contributed by atoms with E-state index in [0.29, 0.717) is 51.0 Å². The minimum absolute atomic E-state index is 0.118. The van der Waals surface area contributed by atoms with E-state index in [-0.39, 0.29) is 45.8 Å². The second-order valence-electron chi connectivity index (χ2n) is 11.7. The van der Waals surface area contributed by atoms with Gasteiger partial charge in [-0.2, -0.15) is 0 Å². The molecule has 7 rings (SSSR count). The van der Waals surface area contributed by atoms with Crippen LogP contribution in [0.25, 0.3) is 0 Å². The summed E-state index contributed by atoms with van der Waals surface area (Å²) in [5, 5.41) is 10.6. The number of fused-ring (bicyclic) bond motifs is 3. The molecule has 0 saturated carbocycles. The van der Waals surface area contributed by atoms with Gasteiger partial charge in [0.15, 0.2) is 23.1 Å². The number of rotatable bonds is 4. The molecular weight excluding hydrogens is 776 g/mol. The number of nitrogens with zero attached hydrogens (tertiary/aromatic N) is 2. The smallest absolute Gasteiger partial charge is 0.238 e. The third-order valence-corrected chi connectivity index (χ3v) is 12.3. The van der Waals surface area contributed by atoms with Gasteiger partial charge in [-0.1, -0.05) is 11.6 Å². The van der Waals surface area contributed by atoms with Gasteiger partial charge in [-0.05, 0) is 102 Å². The number of hydrogen-bond donors (Lipinski definition) is 1. The van der Waals surface area contributed by atoms with E-state index in [1.165, 1.54) is 18.1 Å². The number of ketones is 2. The molecule has 2 fully saturated rings. The minimum Gasteiger partial charge on any atom is -0.503 e. The molecule has 2 saturated heterocycles. The van der Waals surface area contributed by atoms with Crippen molar-refractivity contribution in [1.82, 2.24) is 0 Å². The minimum atomic E-state index is -0.710. The Bertz CT molecular complexity index is 1770. The first-order chi connectivity index (χ1) is 21.6. The number of phenols is 1. The van der Waals surface area contributed by atoms with Crippen LogP contribution in [0.2, 0.25) is 0 Å². The van der Waals surface area contributed by atoms with E-state index >= 15 is 0 Å². The molecule has 2 amide bonds. The lowest BCUT2D eigenvalue weighted by Crippen LogP contribution is -2.39. The SMILES string of the molecule is COc1cc([C@H]2C3=CC[C@@H]4C(=O)N(c5ccc(N6CCOCC6)cc5)C(=O)[C@@H]4[C@@H]3CC3=C2C(=O)C=C(Br)C3=O)c(Br)c(Br)c1O. The Morgan fingerprint density at radius 3 is 2.31 bits per heavy atom. The highest BCUT2D eigenvalue weighted by atomic mass is 79.9. The van der Waals surface area contributed by atoms with Gasteiger partial charge in [0.2, 0.25) is 11.8 Å². The van der Waals surface area contributed by atoms with Gasteiger partial charge < -0.3 is 19.5 Å². The number of hydrogen-bond acceptors (Lipinski definition) is 8. The molecule has 12 heteroatoms. The Hall–Kier alpha value is -3.06. The number of methoxy groups -OCH3 is 1. The van der Waals surface area contributed by atoms with Gasteiger partial charge in [0, 0.05) is 46.4 Å². The highest BCUT2D eigenvalue weighted by Gasteiger charge is 2.57. The number of anilines is 2. The highest BCUT2D eigenvalue weighted by Crippen LogP contribution is 2.58. The lowest BCUT2D eigenvalue weighted by atomic mass is 9.59. The fraction of sp³-hybridized carbons (Fsp3) is 0.333. The average Bonchev–Trinajstić information content (AvgIpc) is 3.31. The van der Waals surface area contributed by atoms with Crippen LogP contribution in [0.3, 0.4) is 0 Å². The van der Waals surface area contributed by atoms with E-state index in [0.717, 1.165) is 24.4 Å². The number of aromatic hydroxyl groups is 1. The van der Waals surface area contributed by atoms with Crippen LogP contribution in [-0.2, 0) is 23.9 Å². The van der Waals surface area contributed by atoms with Crippen LogP contribution in [0.15, 0.2) is 72.6 Å². The molecule has 9 nitrogen and oxygen atoms in total. The molecule has 0 aromatic heterocycles. The molecule has 0 radical (unpaired) electrons. The lowest BCUT2D eigenvalue weighted by molar-refractivity contribution is -0.123. The maximum absolute atomic E-state index is 14.3. The van der Waals surface area contributed by atoms with Crippen LogP contribution in [0, 0.1) is 17.8 Å². The summed E-state index contributed by atoms with van der Waals surface area (Å²) >= 11 is 10.3. The van der Waals surface area contributed by atoms with E-state index in [4.69, 9.17) is 9.47 Å². The summed E-state index contributed by atoms with van der Waals surface area (Å²) < 4.78 is 11.9. The maximum atomic E-state index is 14.3. The highest BCUT2D eigenvalue weighted by molar-refractivity contribution is 9.13. The number of phenolic OH excluding ortho intramolecular Hbond substituents is 1. The fourth-order valence-corrected chi connectivity index (χ4v) is 8.83. The van der Waals surface area contributed by atoms with Gasteiger partial charge in [-0.3, -0.25) is 24.1 Å². The number of morpholine rings is 1. The molecule has 2 aromatic carbocycles. The molecule has 2 aliphatic heterocycles. The number of imide groups is 1. The number of Topliss-reactive ketones (excluding diaryl/α,β-unsaturated/α-hetero) is 1. The Balaban J connectivity index is 1.30. The maximum Gasteiger partial charge on any atom is 0.238 e. The number of ether oxygens (including phenoxy) is 2. The summed E-state index contributed by atoms with van der Waals surface area (Å²) in [6, 6.07) is 9.09. The summed E-state index contributed by atoms with van der Waals surface area (Å²) in [6.07, 6.45) is 3.72. The van der Waals surface area contributed by atoms with E-state index in [2.05, 4.69) is 52.7 Å². The molecule has 2 heterocycles. The van der Waals surface area contributed by atoms with E-state index in [1.807, 2.05) is 18.2 Å². The molecular formula is C33H27Br3N2O7. The van der Waals surface area contributed by atoms with Gasteiger partial charge >= 0.3 is 0 Å². The average molecular weight is 803 g/mol. The molecule has 5 aliphatic rings. The molecule has 0 unspecified atom stereocenters. The molecule has 3 aliphatic carbocycles. The fourth-order valence-electron chi connectivity index (χ4n) is 7.43. The van der Waals surface area contributed by atoms with Crippen molar-refractivity contribution in [2.24, 2.45) is 17.8 Å². The summed E-state index contributed by atoms with van der Waals surface area (Å²) in [5.74, 6) is -3.64. The van der Waals surface area contributed by atoms with E-state index in [1.54, 1.807) is 18.2 Å². The van der Waals surface area contributed by atoms with Crippen molar-refractivity contribution in [2.75, 3.05) is 43.2 Å². The largest absolute Gasteiger partial charge is 0.503 e. The molecule has 4 atom stereocenters. The summed E-state index contributed by atoms with van der Waals surface area (Å²) in [6.45, 7) is 2.84.